The molecule has 0 amide bonds. The number of aryl methyl sites for hydroxylation is 8. The highest BCUT2D eigenvalue weighted by molar-refractivity contribution is 6.08. The van der Waals surface area contributed by atoms with Crippen molar-refractivity contribution < 1.29 is 0 Å². The average molecular weight is 577 g/mol. The molecular weight excluding hydrogens is 540 g/mol. The van der Waals surface area contributed by atoms with Gasteiger partial charge in [-0.3, -0.25) is 9.59 Å². The van der Waals surface area contributed by atoms with Crippen LogP contribution in [-0.2, 0) is 14.1 Å². The Labute approximate surface area is 256 Å². The van der Waals surface area contributed by atoms with Gasteiger partial charge in [-0.2, -0.15) is 0 Å². The average Bonchev–Trinajstić information content (AvgIpc) is 2.97. The van der Waals surface area contributed by atoms with Crippen LogP contribution < -0.4 is 10.9 Å². The molecule has 4 nitrogen and oxygen atoms in total. The largest absolute Gasteiger partial charge is 0.343 e. The molecule has 0 saturated heterocycles. The van der Waals surface area contributed by atoms with Gasteiger partial charge in [-0.05, 0) is 99.2 Å². The zero-order valence-electron chi connectivity index (χ0n) is 26.6. The van der Waals surface area contributed by atoms with Gasteiger partial charge < -0.3 is 9.13 Å². The standard InChI is InChI=1S/C40H36N2O2/c1-21-15-23(3)35(24(4)16-21)27-11-9-13-29-37(27)41(7)33-19-32-34(20-31(33)39(29)43)42(8)38-28(12-10-14-30(38)40(32)44)36-25(5)17-22(2)18-26(36)6/h9-20H,1-8H3. The minimum absolute atomic E-state index is 0.0228. The zero-order chi connectivity index (χ0) is 31.2. The lowest BCUT2D eigenvalue weighted by molar-refractivity contribution is 0.994. The Bertz CT molecular complexity index is 2290. The van der Waals surface area contributed by atoms with Crippen LogP contribution in [0.1, 0.15) is 33.4 Å². The van der Waals surface area contributed by atoms with Crippen LogP contribution in [0.5, 0.6) is 0 Å². The summed E-state index contributed by atoms with van der Waals surface area (Å²) in [5.74, 6) is 0. The summed E-state index contributed by atoms with van der Waals surface area (Å²) in [7, 11) is 4.01. The van der Waals surface area contributed by atoms with Gasteiger partial charge in [-0.15, -0.1) is 0 Å². The Morgan fingerprint density at radius 3 is 1.14 bits per heavy atom. The minimum atomic E-state index is -0.0228. The van der Waals surface area contributed by atoms with Crippen LogP contribution in [0.3, 0.4) is 0 Å². The van der Waals surface area contributed by atoms with Crippen LogP contribution in [0.2, 0.25) is 0 Å². The molecule has 0 unspecified atom stereocenters. The Hall–Kier alpha value is -4.96. The van der Waals surface area contributed by atoms with Crippen LogP contribution in [0, 0.1) is 41.5 Å². The highest BCUT2D eigenvalue weighted by Crippen LogP contribution is 2.37. The van der Waals surface area contributed by atoms with Gasteiger partial charge in [-0.1, -0.05) is 59.7 Å². The zero-order valence-corrected chi connectivity index (χ0v) is 26.6. The molecule has 7 rings (SSSR count). The number of hydrogen-bond donors (Lipinski definition) is 0. The number of benzene rings is 5. The van der Waals surface area contributed by atoms with Crippen LogP contribution in [0.15, 0.2) is 82.4 Å². The fourth-order valence-corrected chi connectivity index (χ4v) is 7.82. The molecule has 0 saturated carbocycles. The number of pyridine rings is 2. The van der Waals surface area contributed by atoms with Crippen LogP contribution in [-0.4, -0.2) is 9.13 Å². The van der Waals surface area contributed by atoms with E-state index in [9.17, 15) is 9.59 Å². The van der Waals surface area contributed by atoms with E-state index >= 15 is 0 Å². The molecule has 0 aliphatic carbocycles. The predicted octanol–water partition coefficient (Wildman–Crippen LogP) is 8.88. The smallest absolute Gasteiger partial charge is 0.197 e. The molecule has 0 bridgehead atoms. The summed E-state index contributed by atoms with van der Waals surface area (Å²) in [6, 6.07) is 24.6. The summed E-state index contributed by atoms with van der Waals surface area (Å²) in [6.07, 6.45) is 0. The SMILES string of the molecule is Cc1cc(C)c(-c2cccc3c(=O)c4cc5c(cc4n(C)c23)c(=O)c2cccc(-c3c(C)cc(C)cc3C)c2n5C)c(C)c1. The molecule has 0 aliphatic heterocycles. The summed E-state index contributed by atoms with van der Waals surface area (Å²) in [5.41, 5.74) is 14.7. The van der Waals surface area contributed by atoms with Crippen molar-refractivity contribution in [1.82, 2.24) is 9.13 Å². The van der Waals surface area contributed by atoms with Crippen LogP contribution in [0.4, 0.5) is 0 Å². The molecule has 0 atom stereocenters. The van der Waals surface area contributed by atoms with E-state index in [1.165, 1.54) is 33.4 Å². The number of para-hydroxylation sites is 2. The summed E-state index contributed by atoms with van der Waals surface area (Å²) in [5, 5.41) is 2.57. The van der Waals surface area contributed by atoms with Crippen molar-refractivity contribution >= 4 is 43.6 Å². The van der Waals surface area contributed by atoms with Gasteiger partial charge in [0, 0.05) is 46.8 Å². The molecule has 2 heterocycles. The van der Waals surface area contributed by atoms with Crippen molar-refractivity contribution in [2.75, 3.05) is 0 Å². The first-order chi connectivity index (χ1) is 21.0. The van der Waals surface area contributed by atoms with E-state index in [1.54, 1.807) is 0 Å². The lowest BCUT2D eigenvalue weighted by atomic mass is 9.91. The minimum Gasteiger partial charge on any atom is -0.343 e. The summed E-state index contributed by atoms with van der Waals surface area (Å²) < 4.78 is 4.19. The first-order valence-electron chi connectivity index (χ1n) is 15.1. The summed E-state index contributed by atoms with van der Waals surface area (Å²) >= 11 is 0. The van der Waals surface area contributed by atoms with Crippen molar-refractivity contribution in [2.45, 2.75) is 41.5 Å². The molecule has 0 radical (unpaired) electrons. The molecule has 5 aromatic carbocycles. The molecule has 7 aromatic rings. The Morgan fingerprint density at radius 2 is 0.795 bits per heavy atom. The summed E-state index contributed by atoms with van der Waals surface area (Å²) in [4.78, 5) is 28.5. The summed E-state index contributed by atoms with van der Waals surface area (Å²) in [6.45, 7) is 12.7. The van der Waals surface area contributed by atoms with Gasteiger partial charge in [-0.25, -0.2) is 0 Å². The van der Waals surface area contributed by atoms with Gasteiger partial charge in [0.1, 0.15) is 0 Å². The first-order valence-corrected chi connectivity index (χ1v) is 15.1. The van der Waals surface area contributed by atoms with E-state index in [-0.39, 0.29) is 10.9 Å². The van der Waals surface area contributed by atoms with E-state index in [4.69, 9.17) is 0 Å². The van der Waals surface area contributed by atoms with Crippen molar-refractivity contribution in [3.8, 4) is 22.3 Å². The topological polar surface area (TPSA) is 44.0 Å². The number of aromatic nitrogens is 2. The van der Waals surface area contributed by atoms with E-state index < -0.39 is 0 Å². The highest BCUT2D eigenvalue weighted by Gasteiger charge is 2.20. The van der Waals surface area contributed by atoms with Crippen molar-refractivity contribution in [2.24, 2.45) is 14.1 Å². The molecule has 0 N–H and O–H groups in total. The second-order valence-corrected chi connectivity index (χ2v) is 12.6. The number of hydrogen-bond acceptors (Lipinski definition) is 2. The number of fused-ring (bicyclic) bond motifs is 4. The van der Waals surface area contributed by atoms with E-state index in [0.717, 1.165) is 44.3 Å². The van der Waals surface area contributed by atoms with Crippen LogP contribution >= 0.6 is 0 Å². The van der Waals surface area contributed by atoms with E-state index in [1.807, 2.05) is 50.5 Å². The molecule has 218 valence electrons. The molecule has 44 heavy (non-hydrogen) atoms. The van der Waals surface area contributed by atoms with Crippen LogP contribution in [0.25, 0.3) is 65.9 Å². The second kappa shape index (κ2) is 9.78. The maximum absolute atomic E-state index is 14.3. The number of rotatable bonds is 2. The maximum atomic E-state index is 14.3. The normalized spacial score (nSPS) is 11.8. The van der Waals surface area contributed by atoms with Crippen molar-refractivity contribution in [3.05, 3.63) is 127 Å². The molecule has 0 spiro atoms. The number of nitrogens with zero attached hydrogens (tertiary/aromatic N) is 2. The van der Waals surface area contributed by atoms with E-state index in [0.29, 0.717) is 21.5 Å². The first kappa shape index (κ1) is 27.8. The molecular formula is C40H36N2O2. The van der Waals surface area contributed by atoms with Gasteiger partial charge in [0.25, 0.3) is 0 Å². The highest BCUT2D eigenvalue weighted by atomic mass is 16.1. The molecule has 4 heteroatoms. The third-order valence-corrected chi connectivity index (χ3v) is 9.45. The fraction of sp³-hybridized carbons (Fsp3) is 0.200. The molecule has 0 aliphatic rings. The van der Waals surface area contributed by atoms with Gasteiger partial charge in [0.05, 0.1) is 22.1 Å². The Morgan fingerprint density at radius 1 is 0.455 bits per heavy atom. The van der Waals surface area contributed by atoms with E-state index in [2.05, 4.69) is 87.1 Å². The fourth-order valence-electron chi connectivity index (χ4n) is 7.82. The monoisotopic (exact) mass is 576 g/mol. The quantitative estimate of drug-likeness (QED) is 0.193. The Balaban J connectivity index is 1.61. The Kier molecular flexibility index (Phi) is 6.19. The van der Waals surface area contributed by atoms with Crippen molar-refractivity contribution in [3.63, 3.8) is 0 Å². The van der Waals surface area contributed by atoms with Crippen molar-refractivity contribution in [1.29, 1.82) is 0 Å². The molecule has 0 fully saturated rings. The van der Waals surface area contributed by atoms with Gasteiger partial charge >= 0.3 is 0 Å². The predicted molar refractivity (Wildman–Crippen MR) is 186 cm³/mol. The maximum Gasteiger partial charge on any atom is 0.197 e. The van der Waals surface area contributed by atoms with Gasteiger partial charge in [0.15, 0.2) is 10.9 Å². The third kappa shape index (κ3) is 3.90. The lowest BCUT2D eigenvalue weighted by Crippen LogP contribution is -2.14. The lowest BCUT2D eigenvalue weighted by Gasteiger charge is -2.20. The molecule has 2 aromatic heterocycles. The van der Waals surface area contributed by atoms with Gasteiger partial charge in [0.2, 0.25) is 0 Å². The third-order valence-electron chi connectivity index (χ3n) is 9.45. The second-order valence-electron chi connectivity index (χ2n) is 12.6.